The number of fused-ring (bicyclic) bond motifs is 2. The SMILES string of the molecule is Cc1sc(NC(=O)[C@H]2[C@@H]3CC[C@@H](C3)[C@@H]2C(=O)O)c(C(N)=O)c1-c1ccccc1. The Bertz CT molecular complexity index is 953. The van der Waals surface area contributed by atoms with Gasteiger partial charge in [-0.2, -0.15) is 0 Å². The van der Waals surface area contributed by atoms with Crippen LogP contribution < -0.4 is 11.1 Å². The van der Waals surface area contributed by atoms with E-state index in [0.29, 0.717) is 5.00 Å². The minimum atomic E-state index is -0.908. The molecule has 146 valence electrons. The largest absolute Gasteiger partial charge is 0.481 e. The summed E-state index contributed by atoms with van der Waals surface area (Å²) in [5.74, 6) is -2.87. The molecule has 2 aliphatic rings. The van der Waals surface area contributed by atoms with Crippen LogP contribution >= 0.6 is 11.3 Å². The molecular weight excluding hydrogens is 376 g/mol. The van der Waals surface area contributed by atoms with E-state index in [0.717, 1.165) is 35.3 Å². The summed E-state index contributed by atoms with van der Waals surface area (Å²) in [7, 11) is 0. The molecule has 2 saturated carbocycles. The van der Waals surface area contributed by atoms with Crippen LogP contribution in [0.2, 0.25) is 0 Å². The molecule has 2 amide bonds. The van der Waals surface area contributed by atoms with Gasteiger partial charge in [-0.15, -0.1) is 11.3 Å². The van der Waals surface area contributed by atoms with Crippen molar-refractivity contribution >= 4 is 34.1 Å². The Morgan fingerprint density at radius 1 is 1.11 bits per heavy atom. The fraction of sp³-hybridized carbons (Fsp3) is 0.381. The maximum absolute atomic E-state index is 13.0. The fourth-order valence-electron chi connectivity index (χ4n) is 5.04. The van der Waals surface area contributed by atoms with Crippen LogP contribution in [-0.2, 0) is 9.59 Å². The molecule has 1 heterocycles. The second-order valence-corrected chi connectivity index (χ2v) is 8.90. The molecule has 0 aliphatic heterocycles. The molecule has 28 heavy (non-hydrogen) atoms. The number of benzene rings is 1. The van der Waals surface area contributed by atoms with E-state index in [1.807, 2.05) is 37.3 Å². The monoisotopic (exact) mass is 398 g/mol. The molecule has 1 aromatic heterocycles. The van der Waals surface area contributed by atoms with Crippen molar-refractivity contribution in [2.24, 2.45) is 29.4 Å². The molecule has 6 nitrogen and oxygen atoms in total. The molecule has 1 aromatic carbocycles. The van der Waals surface area contributed by atoms with Crippen LogP contribution in [0.5, 0.6) is 0 Å². The number of thiophene rings is 1. The topological polar surface area (TPSA) is 109 Å². The van der Waals surface area contributed by atoms with Crippen molar-refractivity contribution in [3.63, 3.8) is 0 Å². The molecule has 0 spiro atoms. The zero-order chi connectivity index (χ0) is 20.0. The summed E-state index contributed by atoms with van der Waals surface area (Å²) in [6.07, 6.45) is 2.54. The first-order chi connectivity index (χ1) is 13.4. The highest BCUT2D eigenvalue weighted by molar-refractivity contribution is 7.17. The minimum Gasteiger partial charge on any atom is -0.481 e. The van der Waals surface area contributed by atoms with Crippen LogP contribution in [0.3, 0.4) is 0 Å². The van der Waals surface area contributed by atoms with Crippen molar-refractivity contribution < 1.29 is 19.5 Å². The molecule has 2 bridgehead atoms. The van der Waals surface area contributed by atoms with E-state index in [2.05, 4.69) is 5.32 Å². The number of carboxylic acids is 1. The number of aliphatic carboxylic acids is 1. The van der Waals surface area contributed by atoms with Crippen molar-refractivity contribution in [1.82, 2.24) is 0 Å². The fourth-order valence-corrected chi connectivity index (χ4v) is 6.12. The molecular formula is C21H22N2O4S. The number of nitrogens with one attached hydrogen (secondary N) is 1. The van der Waals surface area contributed by atoms with Crippen molar-refractivity contribution in [3.05, 3.63) is 40.8 Å². The lowest BCUT2D eigenvalue weighted by Gasteiger charge is -2.26. The molecule has 4 N–H and O–H groups in total. The highest BCUT2D eigenvalue weighted by atomic mass is 32.1. The van der Waals surface area contributed by atoms with Crippen LogP contribution in [0, 0.1) is 30.6 Å². The number of rotatable bonds is 5. The van der Waals surface area contributed by atoms with E-state index in [9.17, 15) is 19.5 Å². The number of anilines is 1. The Balaban J connectivity index is 1.68. The second-order valence-electron chi connectivity index (χ2n) is 7.68. The van der Waals surface area contributed by atoms with E-state index < -0.39 is 23.7 Å². The van der Waals surface area contributed by atoms with E-state index >= 15 is 0 Å². The van der Waals surface area contributed by atoms with Crippen LogP contribution in [0.25, 0.3) is 11.1 Å². The van der Waals surface area contributed by atoms with Crippen LogP contribution in [0.4, 0.5) is 5.00 Å². The molecule has 4 atom stereocenters. The summed E-state index contributed by atoms with van der Waals surface area (Å²) >= 11 is 1.30. The summed E-state index contributed by atoms with van der Waals surface area (Å²) in [5, 5.41) is 12.9. The van der Waals surface area contributed by atoms with Gasteiger partial charge >= 0.3 is 5.97 Å². The standard InChI is InChI=1S/C21H22N2O4S/c1-10-14(11-5-3-2-4-6-11)17(18(22)24)20(28-10)23-19(25)15-12-7-8-13(9-12)16(15)21(26)27/h2-6,12-13,15-16H,7-9H2,1H3,(H2,22,24)(H,23,25)(H,26,27)/t12-,13+,15+,16+/m1/s1. The van der Waals surface area contributed by atoms with Gasteiger partial charge in [0.05, 0.1) is 17.4 Å². The van der Waals surface area contributed by atoms with Gasteiger partial charge in [-0.1, -0.05) is 30.3 Å². The van der Waals surface area contributed by atoms with Gasteiger partial charge in [0, 0.05) is 10.4 Å². The normalized spacial score (nSPS) is 25.6. The van der Waals surface area contributed by atoms with Crippen molar-refractivity contribution in [1.29, 1.82) is 0 Å². The van der Waals surface area contributed by atoms with Gasteiger partial charge < -0.3 is 16.2 Å². The maximum Gasteiger partial charge on any atom is 0.307 e. The van der Waals surface area contributed by atoms with E-state index in [4.69, 9.17) is 5.73 Å². The van der Waals surface area contributed by atoms with Crippen LogP contribution in [0.15, 0.2) is 30.3 Å². The third-order valence-corrected chi connectivity index (χ3v) is 7.15. The summed E-state index contributed by atoms with van der Waals surface area (Å²) in [6.45, 7) is 1.88. The molecule has 2 fully saturated rings. The third-order valence-electron chi connectivity index (χ3n) is 6.13. The van der Waals surface area contributed by atoms with Gasteiger partial charge in [-0.05, 0) is 43.6 Å². The number of amides is 2. The average molecular weight is 398 g/mol. The van der Waals surface area contributed by atoms with Gasteiger partial charge in [0.2, 0.25) is 5.91 Å². The molecule has 2 aromatic rings. The zero-order valence-electron chi connectivity index (χ0n) is 15.5. The van der Waals surface area contributed by atoms with E-state index in [-0.39, 0.29) is 23.3 Å². The molecule has 0 unspecified atom stereocenters. The number of nitrogens with two attached hydrogens (primary N) is 1. The molecule has 7 heteroatoms. The molecule has 4 rings (SSSR count). The third kappa shape index (κ3) is 2.99. The van der Waals surface area contributed by atoms with Gasteiger partial charge in [-0.25, -0.2) is 0 Å². The Morgan fingerprint density at radius 3 is 2.36 bits per heavy atom. The quantitative estimate of drug-likeness (QED) is 0.716. The van der Waals surface area contributed by atoms with Gasteiger partial charge in [-0.3, -0.25) is 14.4 Å². The van der Waals surface area contributed by atoms with Crippen LogP contribution in [0.1, 0.15) is 34.5 Å². The average Bonchev–Trinajstić information content (AvgIpc) is 3.34. The van der Waals surface area contributed by atoms with E-state index in [1.165, 1.54) is 11.3 Å². The lowest BCUT2D eigenvalue weighted by Crippen LogP contribution is -2.38. The number of hydrogen-bond donors (Lipinski definition) is 3. The van der Waals surface area contributed by atoms with Gasteiger partial charge in [0.15, 0.2) is 0 Å². The summed E-state index contributed by atoms with van der Waals surface area (Å²) in [4.78, 5) is 37.8. The highest BCUT2D eigenvalue weighted by Crippen LogP contribution is 2.53. The summed E-state index contributed by atoms with van der Waals surface area (Å²) in [6, 6.07) is 9.43. The number of carboxylic acid groups (broad SMARTS) is 1. The Hall–Kier alpha value is -2.67. The maximum atomic E-state index is 13.0. The number of aryl methyl sites for hydroxylation is 1. The predicted molar refractivity (Wildman–Crippen MR) is 107 cm³/mol. The molecule has 2 aliphatic carbocycles. The molecule has 0 radical (unpaired) electrons. The summed E-state index contributed by atoms with van der Waals surface area (Å²) in [5.41, 5.74) is 7.52. The predicted octanol–water partition coefficient (Wildman–Crippen LogP) is 3.51. The number of hydrogen-bond acceptors (Lipinski definition) is 4. The zero-order valence-corrected chi connectivity index (χ0v) is 16.3. The van der Waals surface area contributed by atoms with Crippen molar-refractivity contribution in [2.75, 3.05) is 5.32 Å². The lowest BCUT2D eigenvalue weighted by atomic mass is 9.78. The van der Waals surface area contributed by atoms with Crippen molar-refractivity contribution in [2.45, 2.75) is 26.2 Å². The summed E-state index contributed by atoms with van der Waals surface area (Å²) < 4.78 is 0. The first kappa shape index (κ1) is 18.7. The van der Waals surface area contributed by atoms with Gasteiger partial charge in [0.1, 0.15) is 5.00 Å². The first-order valence-corrected chi connectivity index (χ1v) is 10.2. The number of carbonyl (C=O) groups is 3. The Morgan fingerprint density at radius 2 is 1.75 bits per heavy atom. The minimum absolute atomic E-state index is 0.0683. The number of primary amides is 1. The Labute approximate surface area is 166 Å². The van der Waals surface area contributed by atoms with Gasteiger partial charge in [0.25, 0.3) is 5.91 Å². The van der Waals surface area contributed by atoms with Crippen LogP contribution in [-0.4, -0.2) is 22.9 Å². The van der Waals surface area contributed by atoms with Crippen molar-refractivity contribution in [3.8, 4) is 11.1 Å². The Kier molecular flexibility index (Phi) is 4.71. The number of carbonyl (C=O) groups excluding carboxylic acids is 2. The second kappa shape index (κ2) is 7.05. The smallest absolute Gasteiger partial charge is 0.307 e. The molecule has 0 saturated heterocycles. The highest BCUT2D eigenvalue weighted by Gasteiger charge is 2.54. The first-order valence-electron chi connectivity index (χ1n) is 9.40. The lowest BCUT2D eigenvalue weighted by molar-refractivity contribution is -0.148. The van der Waals surface area contributed by atoms with E-state index in [1.54, 1.807) is 0 Å².